The summed E-state index contributed by atoms with van der Waals surface area (Å²) in [5, 5.41) is 3.85. The highest BCUT2D eigenvalue weighted by molar-refractivity contribution is 5.91. The van der Waals surface area contributed by atoms with Gasteiger partial charge in [-0.25, -0.2) is 14.8 Å². The van der Waals surface area contributed by atoms with Gasteiger partial charge in [0.1, 0.15) is 11.2 Å². The lowest BCUT2D eigenvalue weighted by Gasteiger charge is -2.35. The van der Waals surface area contributed by atoms with Crippen molar-refractivity contribution >= 4 is 17.1 Å². The Morgan fingerprint density at radius 1 is 1.11 bits per heavy atom. The predicted octanol–water partition coefficient (Wildman–Crippen LogP) is 4.20. The van der Waals surface area contributed by atoms with Gasteiger partial charge in [0.25, 0.3) is 0 Å². The monoisotopic (exact) mass is 503 g/mol. The molecule has 1 saturated heterocycles. The molecule has 6 rings (SSSR count). The SMILES string of the molecule is Cc1cccc(-c2nc(-c3noc(=O)[nH]3)nc3nc(N4CCOC[C@@H]4C)n(CC4CCC(C)CC4)c23)c1. The molecule has 10 nitrogen and oxygen atoms in total. The van der Waals surface area contributed by atoms with Crippen LogP contribution in [0.1, 0.15) is 45.1 Å². The quantitative estimate of drug-likeness (QED) is 0.431. The van der Waals surface area contributed by atoms with E-state index in [-0.39, 0.29) is 17.7 Å². The number of ether oxygens (including phenoxy) is 1. The summed E-state index contributed by atoms with van der Waals surface area (Å²) in [4.78, 5) is 31.4. The second kappa shape index (κ2) is 9.74. The Bertz CT molecular complexity index is 1460. The van der Waals surface area contributed by atoms with E-state index < -0.39 is 5.76 Å². The highest BCUT2D eigenvalue weighted by Crippen LogP contribution is 2.36. The number of hydrogen-bond donors (Lipinski definition) is 1. The zero-order valence-electron chi connectivity index (χ0n) is 21.6. The van der Waals surface area contributed by atoms with E-state index in [1.165, 1.54) is 25.7 Å². The minimum Gasteiger partial charge on any atom is -0.377 e. The van der Waals surface area contributed by atoms with E-state index in [9.17, 15) is 4.79 Å². The summed E-state index contributed by atoms with van der Waals surface area (Å²) in [5.74, 6) is 2.09. The molecule has 1 saturated carbocycles. The van der Waals surface area contributed by atoms with Crippen molar-refractivity contribution in [1.82, 2.24) is 29.7 Å². The third-order valence-electron chi connectivity index (χ3n) is 7.73. The van der Waals surface area contributed by atoms with Gasteiger partial charge in [0.2, 0.25) is 17.6 Å². The van der Waals surface area contributed by atoms with E-state index in [0.717, 1.165) is 47.3 Å². The third kappa shape index (κ3) is 4.66. The van der Waals surface area contributed by atoms with E-state index >= 15 is 0 Å². The molecule has 10 heteroatoms. The van der Waals surface area contributed by atoms with Crippen LogP contribution < -0.4 is 10.7 Å². The molecule has 1 N–H and O–H groups in total. The van der Waals surface area contributed by atoms with Crippen molar-refractivity contribution in [2.45, 2.75) is 59.0 Å². The number of morpholine rings is 1. The number of aromatic nitrogens is 6. The summed E-state index contributed by atoms with van der Waals surface area (Å²) < 4.78 is 12.8. The van der Waals surface area contributed by atoms with Gasteiger partial charge in [-0.1, -0.05) is 48.7 Å². The molecular weight excluding hydrogens is 470 g/mol. The molecule has 1 atom stereocenters. The molecule has 1 aliphatic carbocycles. The van der Waals surface area contributed by atoms with Crippen LogP contribution in [0.15, 0.2) is 33.6 Å². The van der Waals surface area contributed by atoms with Gasteiger partial charge in [0.15, 0.2) is 5.65 Å². The van der Waals surface area contributed by atoms with E-state index in [1.54, 1.807) is 0 Å². The minimum absolute atomic E-state index is 0.192. The Labute approximate surface area is 215 Å². The zero-order chi connectivity index (χ0) is 25.5. The van der Waals surface area contributed by atoms with Gasteiger partial charge in [0, 0.05) is 18.7 Å². The number of hydrogen-bond acceptors (Lipinski definition) is 8. The van der Waals surface area contributed by atoms with E-state index in [1.807, 2.05) is 6.07 Å². The smallest absolute Gasteiger partial charge is 0.377 e. The molecule has 37 heavy (non-hydrogen) atoms. The molecule has 0 amide bonds. The molecule has 2 fully saturated rings. The Morgan fingerprint density at radius 2 is 1.95 bits per heavy atom. The molecule has 0 bridgehead atoms. The summed E-state index contributed by atoms with van der Waals surface area (Å²) in [7, 11) is 0. The number of nitrogens with zero attached hydrogens (tertiary/aromatic N) is 6. The first-order valence-electron chi connectivity index (χ1n) is 13.2. The second-order valence-corrected chi connectivity index (χ2v) is 10.6. The van der Waals surface area contributed by atoms with Gasteiger partial charge in [-0.3, -0.25) is 9.51 Å². The van der Waals surface area contributed by atoms with Crippen molar-refractivity contribution < 1.29 is 9.26 Å². The Kier molecular flexibility index (Phi) is 6.27. The van der Waals surface area contributed by atoms with E-state index in [0.29, 0.717) is 24.8 Å². The van der Waals surface area contributed by atoms with Crippen LogP contribution in [0.3, 0.4) is 0 Å². The van der Waals surface area contributed by atoms with Crippen LogP contribution in [0.5, 0.6) is 0 Å². The van der Waals surface area contributed by atoms with Gasteiger partial charge in [0.05, 0.1) is 19.3 Å². The maximum Gasteiger partial charge on any atom is 0.439 e. The number of nitrogens with one attached hydrogen (secondary N) is 1. The topological polar surface area (TPSA) is 115 Å². The van der Waals surface area contributed by atoms with Crippen LogP contribution in [0.2, 0.25) is 0 Å². The van der Waals surface area contributed by atoms with Crippen molar-refractivity contribution in [3.63, 3.8) is 0 Å². The fraction of sp³-hybridized carbons (Fsp3) is 0.519. The number of rotatable bonds is 5. The first-order valence-corrected chi connectivity index (χ1v) is 13.2. The number of benzene rings is 1. The molecule has 3 aromatic heterocycles. The average Bonchev–Trinajstić information content (AvgIpc) is 3.49. The molecule has 194 valence electrons. The van der Waals surface area contributed by atoms with Crippen molar-refractivity contribution in [2.75, 3.05) is 24.7 Å². The summed E-state index contributed by atoms with van der Waals surface area (Å²) in [6, 6.07) is 8.47. The van der Waals surface area contributed by atoms with Crippen molar-refractivity contribution in [1.29, 1.82) is 0 Å². The first kappa shape index (κ1) is 23.8. The first-order chi connectivity index (χ1) is 18.0. The van der Waals surface area contributed by atoms with Crippen LogP contribution in [-0.2, 0) is 11.3 Å². The highest BCUT2D eigenvalue weighted by Gasteiger charge is 2.30. The standard InChI is InChI=1S/C27H33N7O3/c1-16-7-9-19(10-8-16)14-34-22-21(20-6-4-5-17(2)13-20)28-24(25-31-27(35)37-32-25)29-23(22)30-26(34)33-11-12-36-15-18(33)3/h4-6,13,16,18-19H,7-12,14-15H2,1-3H3,(H,31,32,35)/t16?,18-,19?/m0/s1. The zero-order valence-corrected chi connectivity index (χ0v) is 21.6. The lowest BCUT2D eigenvalue weighted by molar-refractivity contribution is 0.0976. The predicted molar refractivity (Wildman–Crippen MR) is 140 cm³/mol. The average molecular weight is 504 g/mol. The molecule has 1 aromatic carbocycles. The number of fused-ring (bicyclic) bond motifs is 1. The Balaban J connectivity index is 1.58. The largest absolute Gasteiger partial charge is 0.439 e. The van der Waals surface area contributed by atoms with Crippen LogP contribution in [-0.4, -0.2) is 55.5 Å². The van der Waals surface area contributed by atoms with Crippen molar-refractivity contribution in [2.24, 2.45) is 11.8 Å². The molecule has 0 radical (unpaired) electrons. The van der Waals surface area contributed by atoms with Crippen LogP contribution in [0, 0.1) is 18.8 Å². The van der Waals surface area contributed by atoms with Gasteiger partial charge in [-0.2, -0.15) is 4.98 Å². The second-order valence-electron chi connectivity index (χ2n) is 10.6. The molecule has 4 aromatic rings. The van der Waals surface area contributed by atoms with Crippen LogP contribution >= 0.6 is 0 Å². The maximum absolute atomic E-state index is 11.7. The number of anilines is 1. The van der Waals surface area contributed by atoms with Crippen LogP contribution in [0.4, 0.5) is 5.95 Å². The fourth-order valence-electron chi connectivity index (χ4n) is 5.64. The molecule has 4 heterocycles. The minimum atomic E-state index is -0.643. The molecule has 0 spiro atoms. The van der Waals surface area contributed by atoms with Crippen molar-refractivity contribution in [3.05, 3.63) is 40.4 Å². The number of aryl methyl sites for hydroxylation is 1. The lowest BCUT2D eigenvalue weighted by Crippen LogP contribution is -2.45. The van der Waals surface area contributed by atoms with Gasteiger partial charge in [-0.05, 0) is 44.6 Å². The van der Waals surface area contributed by atoms with Crippen molar-refractivity contribution in [3.8, 4) is 22.9 Å². The molecule has 2 aliphatic rings. The number of H-pyrrole nitrogens is 1. The normalized spacial score (nSPS) is 22.6. The molecule has 1 aliphatic heterocycles. The number of aromatic amines is 1. The summed E-state index contributed by atoms with van der Waals surface area (Å²) in [5.41, 5.74) is 4.38. The lowest BCUT2D eigenvalue weighted by atomic mass is 9.83. The van der Waals surface area contributed by atoms with E-state index in [2.05, 4.69) is 58.6 Å². The highest BCUT2D eigenvalue weighted by atomic mass is 16.5. The molecular formula is C27H33N7O3. The van der Waals surface area contributed by atoms with Gasteiger partial charge in [-0.15, -0.1) is 0 Å². The van der Waals surface area contributed by atoms with E-state index in [4.69, 9.17) is 24.2 Å². The fourth-order valence-corrected chi connectivity index (χ4v) is 5.64. The summed E-state index contributed by atoms with van der Waals surface area (Å²) >= 11 is 0. The summed E-state index contributed by atoms with van der Waals surface area (Å²) in [6.07, 6.45) is 4.92. The third-order valence-corrected chi connectivity index (χ3v) is 7.73. The summed E-state index contributed by atoms with van der Waals surface area (Å²) in [6.45, 7) is 9.54. The Hall–Kier alpha value is -3.53. The Morgan fingerprint density at radius 3 is 2.68 bits per heavy atom. The van der Waals surface area contributed by atoms with Gasteiger partial charge < -0.3 is 14.2 Å². The maximum atomic E-state index is 11.7. The van der Waals surface area contributed by atoms with Gasteiger partial charge >= 0.3 is 5.76 Å². The van der Waals surface area contributed by atoms with Crippen LogP contribution in [0.25, 0.3) is 34.1 Å². The number of imidazole rings is 1. The molecule has 0 unspecified atom stereocenters.